The summed E-state index contributed by atoms with van der Waals surface area (Å²) in [5.41, 5.74) is 8.38. The molecule has 0 bridgehead atoms. The van der Waals surface area contributed by atoms with Crippen LogP contribution in [0.15, 0.2) is 30.6 Å². The number of nitrogens with one attached hydrogen (secondary N) is 3. The van der Waals surface area contributed by atoms with Gasteiger partial charge in [-0.25, -0.2) is 9.97 Å². The number of anilines is 5. The number of amides is 1. The SMILES string of the molecule is CC(=O)Nc1ccc(Nc2ncnc(NC3CCCCCC3)c2N)cc1. The lowest BCUT2D eigenvalue weighted by atomic mass is 10.1. The van der Waals surface area contributed by atoms with Gasteiger partial charge in [0, 0.05) is 24.3 Å². The summed E-state index contributed by atoms with van der Waals surface area (Å²) in [4.78, 5) is 19.7. The number of carbonyl (C=O) groups is 1. The van der Waals surface area contributed by atoms with Crippen molar-refractivity contribution in [3.63, 3.8) is 0 Å². The lowest BCUT2D eigenvalue weighted by Crippen LogP contribution is -2.20. The van der Waals surface area contributed by atoms with Crippen molar-refractivity contribution in [2.75, 3.05) is 21.7 Å². The van der Waals surface area contributed by atoms with Crippen molar-refractivity contribution in [2.45, 2.75) is 51.5 Å². The monoisotopic (exact) mass is 354 g/mol. The van der Waals surface area contributed by atoms with Gasteiger partial charge in [-0.1, -0.05) is 25.7 Å². The highest BCUT2D eigenvalue weighted by Gasteiger charge is 2.15. The van der Waals surface area contributed by atoms with Gasteiger partial charge in [0.25, 0.3) is 0 Å². The van der Waals surface area contributed by atoms with Gasteiger partial charge in [0.05, 0.1) is 0 Å². The first kappa shape index (κ1) is 18.0. The molecule has 26 heavy (non-hydrogen) atoms. The van der Waals surface area contributed by atoms with E-state index in [1.807, 2.05) is 24.3 Å². The largest absolute Gasteiger partial charge is 0.393 e. The molecular formula is C19H26N6O. The van der Waals surface area contributed by atoms with Crippen molar-refractivity contribution in [1.29, 1.82) is 0 Å². The number of benzene rings is 1. The Kier molecular flexibility index (Phi) is 5.88. The van der Waals surface area contributed by atoms with E-state index in [2.05, 4.69) is 25.9 Å². The number of nitrogens with zero attached hydrogens (tertiary/aromatic N) is 2. The van der Waals surface area contributed by atoms with Crippen LogP contribution in [0.2, 0.25) is 0 Å². The van der Waals surface area contributed by atoms with Crippen LogP contribution in [-0.2, 0) is 4.79 Å². The Bertz CT molecular complexity index is 738. The number of rotatable bonds is 5. The molecule has 138 valence electrons. The van der Waals surface area contributed by atoms with Crippen LogP contribution in [0.3, 0.4) is 0 Å². The molecule has 0 aliphatic heterocycles. The zero-order chi connectivity index (χ0) is 18.4. The number of aromatic nitrogens is 2. The predicted octanol–water partition coefficient (Wildman–Crippen LogP) is 3.90. The number of hydrogen-bond acceptors (Lipinski definition) is 6. The van der Waals surface area contributed by atoms with E-state index < -0.39 is 0 Å². The molecule has 7 nitrogen and oxygen atoms in total. The number of hydrogen-bond donors (Lipinski definition) is 4. The molecule has 2 aromatic rings. The van der Waals surface area contributed by atoms with Gasteiger partial charge in [-0.05, 0) is 37.1 Å². The molecule has 0 spiro atoms. The minimum atomic E-state index is -0.0972. The maximum Gasteiger partial charge on any atom is 0.221 e. The van der Waals surface area contributed by atoms with Crippen LogP contribution in [0.1, 0.15) is 45.4 Å². The molecular weight excluding hydrogens is 328 g/mol. The molecule has 1 aromatic carbocycles. The van der Waals surface area contributed by atoms with Crippen molar-refractivity contribution < 1.29 is 4.79 Å². The molecule has 1 fully saturated rings. The molecule has 1 aromatic heterocycles. The summed E-state index contributed by atoms with van der Waals surface area (Å²) in [7, 11) is 0. The second-order valence-corrected chi connectivity index (χ2v) is 6.70. The Morgan fingerprint density at radius 1 is 1.00 bits per heavy atom. The zero-order valence-electron chi connectivity index (χ0n) is 15.1. The Hall–Kier alpha value is -2.83. The number of carbonyl (C=O) groups excluding carboxylic acids is 1. The summed E-state index contributed by atoms with van der Waals surface area (Å²) in [6.45, 7) is 1.48. The van der Waals surface area contributed by atoms with Crippen LogP contribution < -0.4 is 21.7 Å². The van der Waals surface area contributed by atoms with E-state index in [0.717, 1.165) is 24.2 Å². The molecule has 1 saturated carbocycles. The van der Waals surface area contributed by atoms with Crippen LogP contribution in [0, 0.1) is 0 Å². The first-order valence-corrected chi connectivity index (χ1v) is 9.13. The lowest BCUT2D eigenvalue weighted by molar-refractivity contribution is -0.114. The molecule has 7 heteroatoms. The number of nitrogen functional groups attached to an aromatic ring is 1. The molecule has 0 radical (unpaired) electrons. The van der Waals surface area contributed by atoms with E-state index in [0.29, 0.717) is 23.4 Å². The van der Waals surface area contributed by atoms with Crippen LogP contribution in [-0.4, -0.2) is 21.9 Å². The fraction of sp³-hybridized carbons (Fsp3) is 0.421. The molecule has 1 aliphatic carbocycles. The highest BCUT2D eigenvalue weighted by molar-refractivity contribution is 5.89. The quantitative estimate of drug-likeness (QED) is 0.607. The fourth-order valence-corrected chi connectivity index (χ4v) is 3.20. The molecule has 0 atom stereocenters. The normalized spacial score (nSPS) is 15.1. The molecule has 5 N–H and O–H groups in total. The molecule has 1 aliphatic rings. The van der Waals surface area contributed by atoms with Gasteiger partial charge in [0.1, 0.15) is 12.0 Å². The summed E-state index contributed by atoms with van der Waals surface area (Å²) in [5.74, 6) is 1.16. The van der Waals surface area contributed by atoms with Crippen molar-refractivity contribution in [3.05, 3.63) is 30.6 Å². The van der Waals surface area contributed by atoms with Crippen molar-refractivity contribution in [3.8, 4) is 0 Å². The maximum absolute atomic E-state index is 11.1. The molecule has 0 unspecified atom stereocenters. The summed E-state index contributed by atoms with van der Waals surface area (Å²) in [6.07, 6.45) is 8.91. The van der Waals surface area contributed by atoms with E-state index in [9.17, 15) is 4.79 Å². The zero-order valence-corrected chi connectivity index (χ0v) is 15.1. The molecule has 1 heterocycles. The second kappa shape index (κ2) is 8.51. The fourth-order valence-electron chi connectivity index (χ4n) is 3.20. The van der Waals surface area contributed by atoms with Gasteiger partial charge < -0.3 is 21.7 Å². The summed E-state index contributed by atoms with van der Waals surface area (Å²) >= 11 is 0. The van der Waals surface area contributed by atoms with E-state index in [4.69, 9.17) is 5.73 Å². The Morgan fingerprint density at radius 2 is 1.62 bits per heavy atom. The van der Waals surface area contributed by atoms with Gasteiger partial charge in [-0.2, -0.15) is 0 Å². The second-order valence-electron chi connectivity index (χ2n) is 6.70. The van der Waals surface area contributed by atoms with E-state index in [1.54, 1.807) is 0 Å². The van der Waals surface area contributed by atoms with Gasteiger partial charge in [0.2, 0.25) is 5.91 Å². The predicted molar refractivity (Wildman–Crippen MR) is 106 cm³/mol. The van der Waals surface area contributed by atoms with E-state index in [-0.39, 0.29) is 5.91 Å². The average Bonchev–Trinajstić information content (AvgIpc) is 2.88. The van der Waals surface area contributed by atoms with E-state index >= 15 is 0 Å². The summed E-state index contributed by atoms with van der Waals surface area (Å²) < 4.78 is 0. The van der Waals surface area contributed by atoms with Crippen molar-refractivity contribution >= 4 is 34.6 Å². The minimum Gasteiger partial charge on any atom is -0.393 e. The third-order valence-electron chi connectivity index (χ3n) is 4.55. The minimum absolute atomic E-state index is 0.0972. The highest BCUT2D eigenvalue weighted by Crippen LogP contribution is 2.28. The Morgan fingerprint density at radius 3 is 2.27 bits per heavy atom. The smallest absolute Gasteiger partial charge is 0.221 e. The lowest BCUT2D eigenvalue weighted by Gasteiger charge is -2.19. The highest BCUT2D eigenvalue weighted by atomic mass is 16.1. The average molecular weight is 354 g/mol. The van der Waals surface area contributed by atoms with Crippen LogP contribution >= 0.6 is 0 Å². The van der Waals surface area contributed by atoms with Gasteiger partial charge in [0.15, 0.2) is 11.6 Å². The van der Waals surface area contributed by atoms with Crippen LogP contribution in [0.5, 0.6) is 0 Å². The molecule has 0 saturated heterocycles. The van der Waals surface area contributed by atoms with Gasteiger partial charge in [-0.15, -0.1) is 0 Å². The topological polar surface area (TPSA) is 105 Å². The third-order valence-corrected chi connectivity index (χ3v) is 4.55. The van der Waals surface area contributed by atoms with E-state index in [1.165, 1.54) is 38.9 Å². The van der Waals surface area contributed by atoms with Crippen molar-refractivity contribution in [1.82, 2.24) is 9.97 Å². The Balaban J connectivity index is 1.69. The maximum atomic E-state index is 11.1. The Labute approximate surface area is 153 Å². The van der Waals surface area contributed by atoms with Gasteiger partial charge in [-0.3, -0.25) is 4.79 Å². The van der Waals surface area contributed by atoms with Gasteiger partial charge >= 0.3 is 0 Å². The third kappa shape index (κ3) is 4.84. The van der Waals surface area contributed by atoms with Crippen LogP contribution in [0.4, 0.5) is 28.7 Å². The van der Waals surface area contributed by atoms with Crippen LogP contribution in [0.25, 0.3) is 0 Å². The first-order valence-electron chi connectivity index (χ1n) is 9.13. The first-order chi connectivity index (χ1) is 12.6. The molecule has 1 amide bonds. The molecule has 3 rings (SSSR count). The number of nitrogens with two attached hydrogens (primary N) is 1. The summed E-state index contributed by atoms with van der Waals surface area (Å²) in [5, 5.41) is 9.44. The standard InChI is InChI=1S/C19H26N6O/c1-13(26)23-15-8-10-16(11-9-15)25-19-17(20)18(21-12-22-19)24-14-6-4-2-3-5-7-14/h8-12,14H,2-7,20H2,1H3,(H,23,26)(H2,21,22,24,25). The van der Waals surface area contributed by atoms with Crippen molar-refractivity contribution in [2.24, 2.45) is 0 Å². The summed E-state index contributed by atoms with van der Waals surface area (Å²) in [6, 6.07) is 7.80.